The molecule has 0 heterocycles. The Hall–Kier alpha value is -0.130. The average molecular weight is 263 g/mol. The van der Waals surface area contributed by atoms with E-state index in [4.69, 9.17) is 0 Å². The van der Waals surface area contributed by atoms with Crippen LogP contribution in [0.25, 0.3) is 0 Å². The Kier molecular flexibility index (Phi) is 4.98. The molecule has 17 heavy (non-hydrogen) atoms. The van der Waals surface area contributed by atoms with Gasteiger partial charge in [-0.3, -0.25) is 0 Å². The molecule has 0 aromatic rings. The van der Waals surface area contributed by atoms with Gasteiger partial charge in [0.1, 0.15) is 0 Å². The van der Waals surface area contributed by atoms with Crippen molar-refractivity contribution in [2.75, 3.05) is 19.3 Å². The Bertz CT molecular complexity index is 332. The first-order valence-electron chi connectivity index (χ1n) is 6.32. The first kappa shape index (κ1) is 14.9. The van der Waals surface area contributed by atoms with Crippen LogP contribution in [0.15, 0.2) is 0 Å². The van der Waals surface area contributed by atoms with E-state index in [1.807, 2.05) is 0 Å². The lowest BCUT2D eigenvalue weighted by molar-refractivity contribution is 0.109. The minimum absolute atomic E-state index is 0.340. The van der Waals surface area contributed by atoms with Gasteiger partial charge in [0.15, 0.2) is 9.84 Å². The summed E-state index contributed by atoms with van der Waals surface area (Å²) in [5.41, 5.74) is 0. The molecule has 1 saturated carbocycles. The number of sulfone groups is 1. The third kappa shape index (κ3) is 4.23. The molecule has 0 aliphatic heterocycles. The summed E-state index contributed by atoms with van der Waals surface area (Å²) >= 11 is 0. The molecule has 0 aromatic carbocycles. The zero-order valence-corrected chi connectivity index (χ0v) is 11.9. The third-order valence-electron chi connectivity index (χ3n) is 3.85. The summed E-state index contributed by atoms with van der Waals surface area (Å²) < 4.78 is 22.2. The Labute approximate surface area is 105 Å². The molecule has 0 spiro atoms. The molecular formula is C12H25NO3S. The van der Waals surface area contributed by atoms with Gasteiger partial charge in [-0.2, -0.15) is 0 Å². The summed E-state index contributed by atoms with van der Waals surface area (Å²) in [6.45, 7) is 4.29. The fraction of sp³-hybridized carbons (Fsp3) is 1.00. The molecule has 102 valence electrons. The number of hydrogen-bond acceptors (Lipinski definition) is 4. The normalized spacial score (nSPS) is 20.7. The fourth-order valence-corrected chi connectivity index (χ4v) is 2.53. The second kappa shape index (κ2) is 5.67. The maximum atomic E-state index is 11.5. The quantitative estimate of drug-likeness (QED) is 0.749. The number of nitrogens with one attached hydrogen (secondary N) is 1. The molecule has 1 aliphatic rings. The van der Waals surface area contributed by atoms with Crippen molar-refractivity contribution < 1.29 is 13.5 Å². The van der Waals surface area contributed by atoms with Crippen molar-refractivity contribution in [3.8, 4) is 0 Å². The SMILES string of the molecule is CC(C)(CNCC(O)C1CCCC1)S(C)(=O)=O. The van der Waals surface area contributed by atoms with Crippen LogP contribution in [-0.2, 0) is 9.84 Å². The first-order valence-corrected chi connectivity index (χ1v) is 8.21. The summed E-state index contributed by atoms with van der Waals surface area (Å²) in [6, 6.07) is 0. The van der Waals surface area contributed by atoms with E-state index < -0.39 is 14.6 Å². The van der Waals surface area contributed by atoms with Crippen molar-refractivity contribution in [3.63, 3.8) is 0 Å². The van der Waals surface area contributed by atoms with Gasteiger partial charge >= 0.3 is 0 Å². The Balaban J connectivity index is 2.32. The van der Waals surface area contributed by atoms with Crippen LogP contribution in [0.1, 0.15) is 39.5 Å². The van der Waals surface area contributed by atoms with E-state index in [0.29, 0.717) is 19.0 Å². The molecule has 1 unspecified atom stereocenters. The molecule has 0 radical (unpaired) electrons. The predicted molar refractivity (Wildman–Crippen MR) is 69.8 cm³/mol. The smallest absolute Gasteiger partial charge is 0.153 e. The van der Waals surface area contributed by atoms with E-state index in [1.165, 1.54) is 19.1 Å². The molecular weight excluding hydrogens is 238 g/mol. The van der Waals surface area contributed by atoms with Crippen molar-refractivity contribution >= 4 is 9.84 Å². The monoisotopic (exact) mass is 263 g/mol. The lowest BCUT2D eigenvalue weighted by atomic mass is 10.0. The average Bonchev–Trinajstić information content (AvgIpc) is 2.67. The predicted octanol–water partition coefficient (Wildman–Crippen LogP) is 0.950. The minimum Gasteiger partial charge on any atom is -0.392 e. The summed E-state index contributed by atoms with van der Waals surface area (Å²) in [7, 11) is -3.06. The van der Waals surface area contributed by atoms with Crippen molar-refractivity contribution in [3.05, 3.63) is 0 Å². The summed E-state index contributed by atoms with van der Waals surface area (Å²) in [6.07, 6.45) is 5.51. The highest BCUT2D eigenvalue weighted by Gasteiger charge is 2.30. The van der Waals surface area contributed by atoms with Crippen LogP contribution in [0.4, 0.5) is 0 Å². The van der Waals surface area contributed by atoms with Gasteiger partial charge in [-0.05, 0) is 32.6 Å². The van der Waals surface area contributed by atoms with Gasteiger partial charge in [-0.1, -0.05) is 12.8 Å². The van der Waals surface area contributed by atoms with Crippen LogP contribution in [0.2, 0.25) is 0 Å². The van der Waals surface area contributed by atoms with E-state index >= 15 is 0 Å². The third-order valence-corrected chi connectivity index (χ3v) is 6.00. The molecule has 1 aliphatic carbocycles. The molecule has 0 saturated heterocycles. The second-order valence-electron chi connectivity index (χ2n) is 5.77. The van der Waals surface area contributed by atoms with Crippen LogP contribution in [0.5, 0.6) is 0 Å². The van der Waals surface area contributed by atoms with E-state index in [9.17, 15) is 13.5 Å². The van der Waals surface area contributed by atoms with E-state index in [-0.39, 0.29) is 6.10 Å². The number of rotatable bonds is 6. The highest BCUT2D eigenvalue weighted by molar-refractivity contribution is 7.92. The van der Waals surface area contributed by atoms with Gasteiger partial charge in [0, 0.05) is 19.3 Å². The Morgan fingerprint density at radius 3 is 2.35 bits per heavy atom. The molecule has 1 atom stereocenters. The first-order chi connectivity index (χ1) is 7.74. The molecule has 0 bridgehead atoms. The van der Waals surface area contributed by atoms with Gasteiger partial charge in [0.2, 0.25) is 0 Å². The van der Waals surface area contributed by atoms with E-state index in [0.717, 1.165) is 12.8 Å². The Morgan fingerprint density at radius 2 is 1.88 bits per heavy atom. The maximum Gasteiger partial charge on any atom is 0.153 e. The minimum atomic E-state index is -3.06. The van der Waals surface area contributed by atoms with Crippen LogP contribution in [0.3, 0.4) is 0 Å². The fourth-order valence-electron chi connectivity index (χ4n) is 2.16. The molecule has 0 aromatic heterocycles. The Morgan fingerprint density at radius 1 is 1.35 bits per heavy atom. The van der Waals surface area contributed by atoms with Gasteiger partial charge < -0.3 is 10.4 Å². The standard InChI is InChI=1S/C12H25NO3S/c1-12(2,17(3,15)16)9-13-8-11(14)10-6-4-5-7-10/h10-11,13-14H,4-9H2,1-3H3. The van der Waals surface area contributed by atoms with Crippen LogP contribution < -0.4 is 5.32 Å². The number of hydrogen-bond donors (Lipinski definition) is 2. The lowest BCUT2D eigenvalue weighted by Gasteiger charge is -2.25. The van der Waals surface area contributed by atoms with Crippen molar-refractivity contribution in [1.82, 2.24) is 5.32 Å². The van der Waals surface area contributed by atoms with Crippen LogP contribution >= 0.6 is 0 Å². The van der Waals surface area contributed by atoms with E-state index in [1.54, 1.807) is 13.8 Å². The lowest BCUT2D eigenvalue weighted by Crippen LogP contribution is -2.44. The highest BCUT2D eigenvalue weighted by Crippen LogP contribution is 2.27. The molecule has 1 rings (SSSR count). The summed E-state index contributed by atoms with van der Waals surface area (Å²) in [4.78, 5) is 0. The molecule has 5 heteroatoms. The van der Waals surface area contributed by atoms with Crippen LogP contribution in [0, 0.1) is 5.92 Å². The van der Waals surface area contributed by atoms with Crippen molar-refractivity contribution in [2.45, 2.75) is 50.4 Å². The van der Waals surface area contributed by atoms with Crippen molar-refractivity contribution in [1.29, 1.82) is 0 Å². The van der Waals surface area contributed by atoms with Gasteiger partial charge in [-0.15, -0.1) is 0 Å². The van der Waals surface area contributed by atoms with E-state index in [2.05, 4.69) is 5.32 Å². The topological polar surface area (TPSA) is 66.4 Å². The molecule has 4 nitrogen and oxygen atoms in total. The van der Waals surface area contributed by atoms with Crippen molar-refractivity contribution in [2.24, 2.45) is 5.92 Å². The van der Waals surface area contributed by atoms with Gasteiger partial charge in [0.25, 0.3) is 0 Å². The second-order valence-corrected chi connectivity index (χ2v) is 8.42. The van der Waals surface area contributed by atoms with Gasteiger partial charge in [-0.25, -0.2) is 8.42 Å². The maximum absolute atomic E-state index is 11.5. The molecule has 2 N–H and O–H groups in total. The van der Waals surface area contributed by atoms with Gasteiger partial charge in [0.05, 0.1) is 10.9 Å². The molecule has 1 fully saturated rings. The zero-order chi connectivity index (χ0) is 13.1. The van der Waals surface area contributed by atoms with Crippen LogP contribution in [-0.4, -0.2) is 43.7 Å². The summed E-state index contributed by atoms with van der Waals surface area (Å²) in [5, 5.41) is 13.0. The number of aliphatic hydroxyl groups excluding tert-OH is 1. The number of aliphatic hydroxyl groups is 1. The molecule has 0 amide bonds. The summed E-state index contributed by atoms with van der Waals surface area (Å²) in [5.74, 6) is 0.392. The largest absolute Gasteiger partial charge is 0.392 e. The highest BCUT2D eigenvalue weighted by atomic mass is 32.2. The zero-order valence-electron chi connectivity index (χ0n) is 11.1.